The molecule has 0 heterocycles. The van der Waals surface area contributed by atoms with Crippen molar-refractivity contribution in [1.82, 2.24) is 5.32 Å². The minimum Gasteiger partial charge on any atom is -0.484 e. The molecule has 0 atom stereocenters. The van der Waals surface area contributed by atoms with E-state index in [4.69, 9.17) is 4.74 Å². The Morgan fingerprint density at radius 1 is 0.931 bits per heavy atom. The van der Waals surface area contributed by atoms with Crippen molar-refractivity contribution >= 4 is 11.6 Å². The lowest BCUT2D eigenvalue weighted by atomic mass is 9.88. The van der Waals surface area contributed by atoms with Crippen LogP contribution in [-0.4, -0.2) is 24.0 Å². The fraction of sp³-hybridized carbons (Fsp3) is 0.174. The Kier molecular flexibility index (Phi) is 6.95. The van der Waals surface area contributed by atoms with Crippen LogP contribution in [0.3, 0.4) is 0 Å². The van der Waals surface area contributed by atoms with Gasteiger partial charge in [-0.25, -0.2) is 0 Å². The Labute approximate surface area is 169 Å². The second-order valence-electron chi connectivity index (χ2n) is 6.56. The van der Waals surface area contributed by atoms with Gasteiger partial charge in [0.15, 0.2) is 6.61 Å². The van der Waals surface area contributed by atoms with Gasteiger partial charge in [-0.15, -0.1) is 0 Å². The standard InChI is InChI=1S/C23H22N2O4/c26-23(17-29-21-13-7-12-20(16-21)25(27)28)24-15-14-22(18-8-3-1-4-9-18)19-10-5-2-6-11-19/h1-13,16,22H,14-15,17H2,(H,24,26). The number of hydrogen-bond acceptors (Lipinski definition) is 4. The van der Waals surface area contributed by atoms with Gasteiger partial charge in [0.05, 0.1) is 11.0 Å². The lowest BCUT2D eigenvalue weighted by Gasteiger charge is -2.18. The van der Waals surface area contributed by atoms with E-state index in [9.17, 15) is 14.9 Å². The first-order valence-electron chi connectivity index (χ1n) is 9.37. The van der Waals surface area contributed by atoms with Gasteiger partial charge in [0, 0.05) is 18.5 Å². The first-order valence-corrected chi connectivity index (χ1v) is 9.37. The van der Waals surface area contributed by atoms with Crippen molar-refractivity contribution in [2.75, 3.05) is 13.2 Å². The second kappa shape index (κ2) is 10.0. The van der Waals surface area contributed by atoms with Gasteiger partial charge in [0.2, 0.25) is 0 Å². The molecule has 0 aliphatic heterocycles. The summed E-state index contributed by atoms with van der Waals surface area (Å²) in [6, 6.07) is 26.1. The van der Waals surface area contributed by atoms with Crippen LogP contribution >= 0.6 is 0 Å². The topological polar surface area (TPSA) is 81.5 Å². The smallest absolute Gasteiger partial charge is 0.273 e. The van der Waals surface area contributed by atoms with Crippen molar-refractivity contribution in [3.8, 4) is 5.75 Å². The molecular weight excluding hydrogens is 368 g/mol. The Bertz CT molecular complexity index is 906. The van der Waals surface area contributed by atoms with Crippen LogP contribution in [-0.2, 0) is 4.79 Å². The molecule has 0 aliphatic rings. The summed E-state index contributed by atoms with van der Waals surface area (Å²) in [6.45, 7) is 0.300. The highest BCUT2D eigenvalue weighted by atomic mass is 16.6. The number of non-ortho nitro benzene ring substituents is 1. The number of nitro benzene ring substituents is 1. The molecule has 0 unspecified atom stereocenters. The van der Waals surface area contributed by atoms with Crippen molar-refractivity contribution in [3.63, 3.8) is 0 Å². The predicted octanol–water partition coefficient (Wildman–Crippen LogP) is 4.31. The van der Waals surface area contributed by atoms with E-state index in [1.54, 1.807) is 6.07 Å². The van der Waals surface area contributed by atoms with Crippen LogP contribution in [0.15, 0.2) is 84.9 Å². The van der Waals surface area contributed by atoms with E-state index < -0.39 is 4.92 Å². The average molecular weight is 390 g/mol. The number of carbonyl (C=O) groups excluding carboxylic acids is 1. The van der Waals surface area contributed by atoms with Crippen molar-refractivity contribution in [3.05, 3.63) is 106 Å². The van der Waals surface area contributed by atoms with Gasteiger partial charge in [-0.1, -0.05) is 66.7 Å². The van der Waals surface area contributed by atoms with Gasteiger partial charge in [0.1, 0.15) is 5.75 Å². The molecule has 0 bridgehead atoms. The lowest BCUT2D eigenvalue weighted by Crippen LogP contribution is -2.30. The number of rotatable bonds is 9. The Morgan fingerprint density at radius 2 is 1.55 bits per heavy atom. The lowest BCUT2D eigenvalue weighted by molar-refractivity contribution is -0.384. The fourth-order valence-corrected chi connectivity index (χ4v) is 3.14. The summed E-state index contributed by atoms with van der Waals surface area (Å²) in [4.78, 5) is 22.4. The highest BCUT2D eigenvalue weighted by Crippen LogP contribution is 2.27. The molecule has 1 N–H and O–H groups in total. The summed E-state index contributed by atoms with van der Waals surface area (Å²) in [6.07, 6.45) is 0.747. The van der Waals surface area contributed by atoms with Crippen LogP contribution in [0.4, 0.5) is 5.69 Å². The summed E-state index contributed by atoms with van der Waals surface area (Å²) in [7, 11) is 0. The van der Waals surface area contributed by atoms with Crippen molar-refractivity contribution < 1.29 is 14.5 Å². The molecule has 148 valence electrons. The van der Waals surface area contributed by atoms with Gasteiger partial charge in [-0.2, -0.15) is 0 Å². The van der Waals surface area contributed by atoms with E-state index in [2.05, 4.69) is 29.6 Å². The van der Waals surface area contributed by atoms with E-state index >= 15 is 0 Å². The summed E-state index contributed by atoms with van der Waals surface area (Å²) >= 11 is 0. The number of nitro groups is 1. The minimum absolute atomic E-state index is 0.0727. The average Bonchev–Trinajstić information content (AvgIpc) is 2.76. The van der Waals surface area contributed by atoms with E-state index in [1.165, 1.54) is 29.3 Å². The molecule has 3 aromatic rings. The quantitative estimate of drug-likeness (QED) is 0.436. The zero-order chi connectivity index (χ0) is 20.5. The maximum absolute atomic E-state index is 12.1. The molecule has 0 fully saturated rings. The van der Waals surface area contributed by atoms with Crippen LogP contribution in [0, 0.1) is 10.1 Å². The Balaban J connectivity index is 1.54. The zero-order valence-corrected chi connectivity index (χ0v) is 15.9. The third-order valence-electron chi connectivity index (χ3n) is 4.56. The van der Waals surface area contributed by atoms with Gasteiger partial charge in [-0.05, 0) is 23.6 Å². The molecule has 0 radical (unpaired) electrons. The molecule has 3 rings (SSSR count). The molecule has 1 amide bonds. The molecule has 6 heteroatoms. The number of carbonyl (C=O) groups is 1. The molecule has 29 heavy (non-hydrogen) atoms. The molecule has 0 saturated heterocycles. The van der Waals surface area contributed by atoms with Crippen LogP contribution in [0.2, 0.25) is 0 Å². The SMILES string of the molecule is O=C(COc1cccc([N+](=O)[O-])c1)NCCC(c1ccccc1)c1ccccc1. The van der Waals surface area contributed by atoms with Crippen molar-refractivity contribution in [2.24, 2.45) is 0 Å². The van der Waals surface area contributed by atoms with E-state index in [0.29, 0.717) is 12.3 Å². The maximum atomic E-state index is 12.1. The number of amides is 1. The third kappa shape index (κ3) is 5.90. The van der Waals surface area contributed by atoms with Gasteiger partial charge in [-0.3, -0.25) is 14.9 Å². The summed E-state index contributed by atoms with van der Waals surface area (Å²) in [5.41, 5.74) is 2.32. The number of benzene rings is 3. The number of nitrogens with zero attached hydrogens (tertiary/aromatic N) is 1. The second-order valence-corrected chi connectivity index (χ2v) is 6.56. The Hall–Kier alpha value is -3.67. The van der Waals surface area contributed by atoms with E-state index in [0.717, 1.165) is 6.42 Å². The van der Waals surface area contributed by atoms with Gasteiger partial charge in [0.25, 0.3) is 11.6 Å². The van der Waals surface area contributed by atoms with Crippen LogP contribution in [0.5, 0.6) is 5.75 Å². The van der Waals surface area contributed by atoms with Crippen LogP contribution in [0.25, 0.3) is 0 Å². The molecule has 0 spiro atoms. The fourth-order valence-electron chi connectivity index (χ4n) is 3.14. The molecule has 0 saturated carbocycles. The van der Waals surface area contributed by atoms with Gasteiger partial charge < -0.3 is 10.1 Å². The largest absolute Gasteiger partial charge is 0.484 e. The first kappa shape index (κ1) is 20.1. The first-order chi connectivity index (χ1) is 14.1. The number of hydrogen-bond donors (Lipinski definition) is 1. The molecule has 0 aliphatic carbocycles. The molecule has 3 aromatic carbocycles. The summed E-state index contributed by atoms with van der Waals surface area (Å²) in [5, 5.41) is 13.7. The maximum Gasteiger partial charge on any atom is 0.273 e. The number of ether oxygens (including phenoxy) is 1. The third-order valence-corrected chi connectivity index (χ3v) is 4.56. The molecule has 0 aromatic heterocycles. The Morgan fingerprint density at radius 3 is 2.14 bits per heavy atom. The van der Waals surface area contributed by atoms with Crippen LogP contribution < -0.4 is 10.1 Å². The molecule has 6 nitrogen and oxygen atoms in total. The highest BCUT2D eigenvalue weighted by Gasteiger charge is 2.14. The predicted molar refractivity (Wildman–Crippen MR) is 111 cm³/mol. The van der Waals surface area contributed by atoms with Crippen molar-refractivity contribution in [1.29, 1.82) is 0 Å². The van der Waals surface area contributed by atoms with E-state index in [1.807, 2.05) is 36.4 Å². The molecular formula is C23H22N2O4. The summed E-state index contributed by atoms with van der Waals surface area (Å²) < 4.78 is 5.37. The minimum atomic E-state index is -0.500. The van der Waals surface area contributed by atoms with Crippen LogP contribution in [0.1, 0.15) is 23.5 Å². The van der Waals surface area contributed by atoms with E-state index in [-0.39, 0.29) is 24.1 Å². The highest BCUT2D eigenvalue weighted by molar-refractivity contribution is 5.77. The number of nitrogens with one attached hydrogen (secondary N) is 1. The summed E-state index contributed by atoms with van der Waals surface area (Å²) in [5.74, 6) is 0.201. The van der Waals surface area contributed by atoms with Crippen molar-refractivity contribution in [2.45, 2.75) is 12.3 Å². The monoisotopic (exact) mass is 390 g/mol. The van der Waals surface area contributed by atoms with Gasteiger partial charge >= 0.3 is 0 Å². The normalized spacial score (nSPS) is 10.5. The zero-order valence-electron chi connectivity index (χ0n) is 15.9.